The van der Waals surface area contributed by atoms with Gasteiger partial charge in [-0.25, -0.2) is 9.97 Å². The fraction of sp³-hybridized carbons (Fsp3) is 0.583. The Labute approximate surface area is 110 Å². The molecule has 2 aromatic rings. The number of imidazole rings is 1. The predicted octanol–water partition coefficient (Wildman–Crippen LogP) is 2.56. The van der Waals surface area contributed by atoms with Gasteiger partial charge in [-0.3, -0.25) is 4.57 Å². The van der Waals surface area contributed by atoms with Crippen molar-refractivity contribution in [2.45, 2.75) is 37.6 Å². The third-order valence-corrected chi connectivity index (χ3v) is 4.39. The molecule has 1 N–H and O–H groups in total. The van der Waals surface area contributed by atoms with Gasteiger partial charge >= 0.3 is 0 Å². The quantitative estimate of drug-likeness (QED) is 0.742. The van der Waals surface area contributed by atoms with Gasteiger partial charge in [-0.1, -0.05) is 19.3 Å². The Morgan fingerprint density at radius 2 is 2.06 bits per heavy atom. The molecule has 6 heteroatoms. The van der Waals surface area contributed by atoms with Crippen LogP contribution < -0.4 is 5.32 Å². The van der Waals surface area contributed by atoms with Crippen LogP contribution in [0.5, 0.6) is 0 Å². The van der Waals surface area contributed by atoms with E-state index in [1.165, 1.54) is 32.1 Å². The van der Waals surface area contributed by atoms with E-state index in [1.807, 2.05) is 0 Å². The van der Waals surface area contributed by atoms with Crippen molar-refractivity contribution < 1.29 is 0 Å². The first-order valence-electron chi connectivity index (χ1n) is 6.44. The zero-order valence-corrected chi connectivity index (χ0v) is 10.7. The molecule has 0 bridgehead atoms. The minimum Gasteiger partial charge on any atom is -0.353 e. The normalized spacial score (nSPS) is 21.2. The molecule has 0 aromatic carbocycles. The van der Waals surface area contributed by atoms with Gasteiger partial charge in [0.15, 0.2) is 5.65 Å². The maximum Gasteiger partial charge on any atom is 0.224 e. The smallest absolute Gasteiger partial charge is 0.224 e. The van der Waals surface area contributed by atoms with Gasteiger partial charge in [0.2, 0.25) is 11.2 Å². The van der Waals surface area contributed by atoms with Crippen LogP contribution in [0.15, 0.2) is 6.20 Å². The molecule has 5 nitrogen and oxygen atoms in total. The summed E-state index contributed by atoms with van der Waals surface area (Å²) in [5.74, 6) is 0.920. The molecule has 94 valence electrons. The SMILES string of the molecule is Clc1ncc2nc3n(c2n1)C1(CCCCC1)CN3. The average Bonchev–Trinajstić information content (AvgIpc) is 2.90. The van der Waals surface area contributed by atoms with Crippen LogP contribution in [0.25, 0.3) is 11.2 Å². The topological polar surface area (TPSA) is 55.6 Å². The lowest BCUT2D eigenvalue weighted by molar-refractivity contribution is 0.234. The zero-order valence-electron chi connectivity index (χ0n) is 9.99. The van der Waals surface area contributed by atoms with Crippen molar-refractivity contribution in [3.63, 3.8) is 0 Å². The number of hydrogen-bond donors (Lipinski definition) is 1. The third kappa shape index (κ3) is 1.31. The number of anilines is 1. The Morgan fingerprint density at radius 3 is 2.89 bits per heavy atom. The van der Waals surface area contributed by atoms with Crippen LogP contribution >= 0.6 is 11.6 Å². The van der Waals surface area contributed by atoms with Crippen molar-refractivity contribution in [3.8, 4) is 0 Å². The van der Waals surface area contributed by atoms with Crippen molar-refractivity contribution in [1.29, 1.82) is 0 Å². The van der Waals surface area contributed by atoms with Crippen LogP contribution in [-0.2, 0) is 5.54 Å². The number of nitrogens with one attached hydrogen (secondary N) is 1. The first-order chi connectivity index (χ1) is 8.78. The molecule has 18 heavy (non-hydrogen) atoms. The molecule has 0 saturated heterocycles. The minimum atomic E-state index is 0.153. The van der Waals surface area contributed by atoms with Gasteiger partial charge in [-0.05, 0) is 24.4 Å². The van der Waals surface area contributed by atoms with Gasteiger partial charge < -0.3 is 5.32 Å². The molecule has 4 rings (SSSR count). The lowest BCUT2D eigenvalue weighted by Gasteiger charge is -2.34. The predicted molar refractivity (Wildman–Crippen MR) is 69.9 cm³/mol. The van der Waals surface area contributed by atoms with Crippen molar-refractivity contribution in [2.24, 2.45) is 0 Å². The van der Waals surface area contributed by atoms with E-state index in [2.05, 4.69) is 24.8 Å². The summed E-state index contributed by atoms with van der Waals surface area (Å²) in [4.78, 5) is 12.9. The molecular formula is C12H14ClN5. The van der Waals surface area contributed by atoms with E-state index in [4.69, 9.17) is 11.6 Å². The molecular weight excluding hydrogens is 250 g/mol. The van der Waals surface area contributed by atoms with E-state index in [0.29, 0.717) is 5.28 Å². The largest absolute Gasteiger partial charge is 0.353 e. The monoisotopic (exact) mass is 263 g/mol. The van der Waals surface area contributed by atoms with Crippen LogP contribution in [0, 0.1) is 0 Å². The maximum absolute atomic E-state index is 5.92. The second-order valence-electron chi connectivity index (χ2n) is 5.26. The van der Waals surface area contributed by atoms with Crippen molar-refractivity contribution in [3.05, 3.63) is 11.5 Å². The van der Waals surface area contributed by atoms with E-state index < -0.39 is 0 Å². The zero-order chi connectivity index (χ0) is 12.2. The Balaban J connectivity index is 1.96. The number of hydrogen-bond acceptors (Lipinski definition) is 4. The molecule has 0 radical (unpaired) electrons. The third-order valence-electron chi connectivity index (χ3n) is 4.20. The molecule has 1 aliphatic heterocycles. The standard InChI is InChI=1S/C12H14ClN5/c13-10-14-6-8-9(17-10)18-11(16-8)15-7-12(18)4-2-1-3-5-12/h6H,1-5,7H2,(H,15,16). The number of fused-ring (bicyclic) bond motifs is 4. The molecule has 3 heterocycles. The van der Waals surface area contributed by atoms with Gasteiger partial charge in [0.25, 0.3) is 0 Å². The average molecular weight is 264 g/mol. The molecule has 0 amide bonds. The summed E-state index contributed by atoms with van der Waals surface area (Å²) >= 11 is 5.92. The van der Waals surface area contributed by atoms with Crippen LogP contribution in [0.4, 0.5) is 5.95 Å². The molecule has 0 atom stereocenters. The van der Waals surface area contributed by atoms with Gasteiger partial charge in [-0.15, -0.1) is 0 Å². The number of halogens is 1. The second kappa shape index (κ2) is 3.57. The highest BCUT2D eigenvalue weighted by molar-refractivity contribution is 6.28. The molecule has 2 aromatic heterocycles. The van der Waals surface area contributed by atoms with E-state index in [9.17, 15) is 0 Å². The van der Waals surface area contributed by atoms with Crippen molar-refractivity contribution >= 4 is 28.7 Å². The summed E-state index contributed by atoms with van der Waals surface area (Å²) in [6.07, 6.45) is 7.98. The maximum atomic E-state index is 5.92. The molecule has 0 unspecified atom stereocenters. The highest BCUT2D eigenvalue weighted by Gasteiger charge is 2.41. The number of nitrogens with zero attached hydrogens (tertiary/aromatic N) is 4. The van der Waals surface area contributed by atoms with Crippen LogP contribution in [-0.4, -0.2) is 26.1 Å². The Hall–Kier alpha value is -1.36. The number of aromatic nitrogens is 4. The fourth-order valence-corrected chi connectivity index (χ4v) is 3.48. The summed E-state index contributed by atoms with van der Waals surface area (Å²) in [5.41, 5.74) is 1.85. The van der Waals surface area contributed by atoms with Crippen molar-refractivity contribution in [2.75, 3.05) is 11.9 Å². The van der Waals surface area contributed by atoms with Crippen LogP contribution in [0.3, 0.4) is 0 Å². The van der Waals surface area contributed by atoms with Gasteiger partial charge in [-0.2, -0.15) is 4.98 Å². The summed E-state index contributed by atoms with van der Waals surface area (Å²) in [6, 6.07) is 0. The van der Waals surface area contributed by atoms with Gasteiger partial charge in [0.05, 0.1) is 11.7 Å². The van der Waals surface area contributed by atoms with E-state index >= 15 is 0 Å². The van der Waals surface area contributed by atoms with Crippen LogP contribution in [0.1, 0.15) is 32.1 Å². The number of rotatable bonds is 0. The van der Waals surface area contributed by atoms with Crippen LogP contribution in [0.2, 0.25) is 5.28 Å². The Kier molecular flexibility index (Phi) is 2.09. The summed E-state index contributed by atoms with van der Waals surface area (Å²) in [7, 11) is 0. The molecule has 2 aliphatic rings. The highest BCUT2D eigenvalue weighted by atomic mass is 35.5. The lowest BCUT2D eigenvalue weighted by atomic mass is 9.82. The van der Waals surface area contributed by atoms with E-state index in [1.54, 1.807) is 6.20 Å². The molecule has 1 saturated carbocycles. The minimum absolute atomic E-state index is 0.153. The first kappa shape index (κ1) is 10.6. The molecule has 1 aliphatic carbocycles. The molecule has 1 spiro atoms. The Bertz CT molecular complexity index is 614. The second-order valence-corrected chi connectivity index (χ2v) is 5.60. The Morgan fingerprint density at radius 1 is 1.22 bits per heavy atom. The van der Waals surface area contributed by atoms with E-state index in [-0.39, 0.29) is 5.54 Å². The van der Waals surface area contributed by atoms with Crippen molar-refractivity contribution in [1.82, 2.24) is 19.5 Å². The summed E-state index contributed by atoms with van der Waals surface area (Å²) in [6.45, 7) is 0.965. The van der Waals surface area contributed by atoms with E-state index in [0.717, 1.165) is 23.7 Å². The first-order valence-corrected chi connectivity index (χ1v) is 6.82. The fourth-order valence-electron chi connectivity index (χ4n) is 3.35. The summed E-state index contributed by atoms with van der Waals surface area (Å²) in [5, 5.41) is 3.71. The van der Waals surface area contributed by atoms with Gasteiger partial charge in [0, 0.05) is 6.54 Å². The molecule has 1 fully saturated rings. The highest BCUT2D eigenvalue weighted by Crippen LogP contribution is 2.42. The lowest BCUT2D eigenvalue weighted by Crippen LogP contribution is -2.36. The van der Waals surface area contributed by atoms with Gasteiger partial charge in [0.1, 0.15) is 5.52 Å². The summed E-state index contributed by atoms with van der Waals surface area (Å²) < 4.78 is 2.26.